The Kier molecular flexibility index (Phi) is 3.96. The van der Waals surface area contributed by atoms with Crippen molar-refractivity contribution in [3.05, 3.63) is 78.4 Å². The number of hydrogen-bond donors (Lipinski definition) is 1. The number of halogens is 1. The Labute approximate surface area is 123 Å². The van der Waals surface area contributed by atoms with E-state index >= 15 is 0 Å². The molecule has 3 aromatic rings. The molecule has 3 nitrogen and oxygen atoms in total. The third-order valence-corrected chi connectivity index (χ3v) is 3.30. The zero-order chi connectivity index (χ0) is 14.5. The average Bonchev–Trinajstić information content (AvgIpc) is 2.95. The van der Waals surface area contributed by atoms with E-state index in [-0.39, 0.29) is 5.82 Å². The van der Waals surface area contributed by atoms with Crippen molar-refractivity contribution in [2.75, 3.05) is 5.32 Å². The van der Waals surface area contributed by atoms with Crippen LogP contribution in [0, 0.1) is 5.82 Å². The first kappa shape index (κ1) is 13.4. The number of para-hydroxylation sites is 1. The van der Waals surface area contributed by atoms with Crippen molar-refractivity contribution < 1.29 is 4.39 Å². The minimum atomic E-state index is -0.201. The summed E-state index contributed by atoms with van der Waals surface area (Å²) in [7, 11) is 0. The zero-order valence-electron chi connectivity index (χ0n) is 11.5. The van der Waals surface area contributed by atoms with E-state index in [0.717, 1.165) is 30.2 Å². The lowest BCUT2D eigenvalue weighted by molar-refractivity contribution is 0.625. The van der Waals surface area contributed by atoms with Gasteiger partial charge in [0.25, 0.3) is 0 Å². The smallest absolute Gasteiger partial charge is 0.207 e. The summed E-state index contributed by atoms with van der Waals surface area (Å²) in [6.07, 6.45) is 4.55. The summed E-state index contributed by atoms with van der Waals surface area (Å²) in [5.74, 6) is 0.608. The summed E-state index contributed by atoms with van der Waals surface area (Å²) in [5.41, 5.74) is 2.11. The lowest BCUT2D eigenvalue weighted by atomic mass is 10.1. The number of rotatable bonds is 5. The SMILES string of the molecule is Fc1ccc(CCn2ccnc2Nc2ccccc2)cc1. The standard InChI is InChI=1S/C17H16FN3/c18-15-8-6-14(7-9-15)10-12-21-13-11-19-17(21)20-16-4-2-1-3-5-16/h1-9,11,13H,10,12H2,(H,19,20). The molecule has 106 valence electrons. The van der Waals surface area contributed by atoms with Gasteiger partial charge in [0.05, 0.1) is 0 Å². The van der Waals surface area contributed by atoms with Crippen molar-refractivity contribution >= 4 is 11.6 Å². The molecule has 0 aliphatic rings. The Morgan fingerprint density at radius 3 is 2.52 bits per heavy atom. The third-order valence-electron chi connectivity index (χ3n) is 3.30. The fourth-order valence-electron chi connectivity index (χ4n) is 2.16. The van der Waals surface area contributed by atoms with Crippen LogP contribution in [-0.4, -0.2) is 9.55 Å². The van der Waals surface area contributed by atoms with E-state index < -0.39 is 0 Å². The van der Waals surface area contributed by atoms with Gasteiger partial charge in [0.2, 0.25) is 5.95 Å². The molecule has 0 aliphatic carbocycles. The Morgan fingerprint density at radius 2 is 1.76 bits per heavy atom. The zero-order valence-corrected chi connectivity index (χ0v) is 11.5. The molecule has 1 heterocycles. The first-order valence-electron chi connectivity index (χ1n) is 6.89. The van der Waals surface area contributed by atoms with Crippen LogP contribution >= 0.6 is 0 Å². The molecule has 0 radical (unpaired) electrons. The number of aromatic nitrogens is 2. The van der Waals surface area contributed by atoms with Crippen molar-refractivity contribution in [3.8, 4) is 0 Å². The minimum absolute atomic E-state index is 0.201. The van der Waals surface area contributed by atoms with E-state index in [9.17, 15) is 4.39 Å². The monoisotopic (exact) mass is 281 g/mol. The fourth-order valence-corrected chi connectivity index (χ4v) is 2.16. The maximum Gasteiger partial charge on any atom is 0.207 e. The van der Waals surface area contributed by atoms with Crippen LogP contribution in [0.1, 0.15) is 5.56 Å². The van der Waals surface area contributed by atoms with Crippen LogP contribution in [0.5, 0.6) is 0 Å². The molecule has 0 spiro atoms. The highest BCUT2D eigenvalue weighted by molar-refractivity contribution is 5.53. The van der Waals surface area contributed by atoms with Crippen LogP contribution in [0.3, 0.4) is 0 Å². The topological polar surface area (TPSA) is 29.9 Å². The molecule has 0 saturated heterocycles. The second-order valence-corrected chi connectivity index (χ2v) is 4.81. The second kappa shape index (κ2) is 6.22. The summed E-state index contributed by atoms with van der Waals surface area (Å²) in [6, 6.07) is 16.6. The van der Waals surface area contributed by atoms with Crippen LogP contribution in [0.4, 0.5) is 16.0 Å². The molecule has 0 saturated carbocycles. The van der Waals surface area contributed by atoms with Crippen molar-refractivity contribution in [2.24, 2.45) is 0 Å². The van der Waals surface area contributed by atoms with Gasteiger partial charge in [-0.25, -0.2) is 9.37 Å². The lowest BCUT2D eigenvalue weighted by Gasteiger charge is -2.10. The molecule has 0 bridgehead atoms. The predicted molar refractivity (Wildman–Crippen MR) is 82.1 cm³/mol. The number of benzene rings is 2. The number of nitrogens with zero attached hydrogens (tertiary/aromatic N) is 2. The van der Waals surface area contributed by atoms with Gasteiger partial charge in [0, 0.05) is 24.6 Å². The Hall–Kier alpha value is -2.62. The first-order valence-corrected chi connectivity index (χ1v) is 6.89. The molecule has 0 aliphatic heterocycles. The van der Waals surface area contributed by atoms with Crippen LogP contribution in [-0.2, 0) is 13.0 Å². The van der Waals surface area contributed by atoms with Crippen LogP contribution in [0.2, 0.25) is 0 Å². The quantitative estimate of drug-likeness (QED) is 0.766. The maximum absolute atomic E-state index is 12.9. The predicted octanol–water partition coefficient (Wildman–Crippen LogP) is 4.01. The van der Waals surface area contributed by atoms with Gasteiger partial charge in [-0.3, -0.25) is 0 Å². The number of nitrogens with one attached hydrogen (secondary N) is 1. The van der Waals surface area contributed by atoms with Gasteiger partial charge in [0.15, 0.2) is 0 Å². The molecule has 0 fully saturated rings. The molecule has 1 aromatic heterocycles. The van der Waals surface area contributed by atoms with Gasteiger partial charge in [-0.2, -0.15) is 0 Å². The largest absolute Gasteiger partial charge is 0.326 e. The molecule has 0 atom stereocenters. The Morgan fingerprint density at radius 1 is 1.00 bits per heavy atom. The molecular weight excluding hydrogens is 265 g/mol. The molecule has 0 amide bonds. The summed E-state index contributed by atoms with van der Waals surface area (Å²) in [5, 5.41) is 3.29. The number of aryl methyl sites for hydroxylation is 2. The Balaban J connectivity index is 1.66. The van der Waals surface area contributed by atoms with Gasteiger partial charge < -0.3 is 9.88 Å². The summed E-state index contributed by atoms with van der Waals surface area (Å²) in [4.78, 5) is 4.33. The number of imidazole rings is 1. The molecule has 0 unspecified atom stereocenters. The second-order valence-electron chi connectivity index (χ2n) is 4.81. The third kappa shape index (κ3) is 3.48. The lowest BCUT2D eigenvalue weighted by Crippen LogP contribution is -2.05. The number of hydrogen-bond acceptors (Lipinski definition) is 2. The van der Waals surface area contributed by atoms with Crippen LogP contribution in [0.15, 0.2) is 67.0 Å². The summed E-state index contributed by atoms with van der Waals surface area (Å²) < 4.78 is 14.9. The molecule has 2 aromatic carbocycles. The Bertz CT molecular complexity index is 690. The molecule has 4 heteroatoms. The van der Waals surface area contributed by atoms with Crippen molar-refractivity contribution in [2.45, 2.75) is 13.0 Å². The van der Waals surface area contributed by atoms with E-state index in [2.05, 4.69) is 14.9 Å². The maximum atomic E-state index is 12.9. The minimum Gasteiger partial charge on any atom is -0.326 e. The number of anilines is 2. The van der Waals surface area contributed by atoms with E-state index in [1.54, 1.807) is 6.20 Å². The van der Waals surface area contributed by atoms with E-state index in [0.29, 0.717) is 0 Å². The molecule has 1 N–H and O–H groups in total. The first-order chi connectivity index (χ1) is 10.3. The van der Waals surface area contributed by atoms with Gasteiger partial charge in [-0.15, -0.1) is 0 Å². The van der Waals surface area contributed by atoms with Gasteiger partial charge in [-0.05, 0) is 36.2 Å². The molecule has 21 heavy (non-hydrogen) atoms. The van der Waals surface area contributed by atoms with E-state index in [1.165, 1.54) is 12.1 Å². The molecular formula is C17H16FN3. The van der Waals surface area contributed by atoms with Crippen LogP contribution in [0.25, 0.3) is 0 Å². The van der Waals surface area contributed by atoms with Crippen molar-refractivity contribution in [3.63, 3.8) is 0 Å². The summed E-state index contributed by atoms with van der Waals surface area (Å²) in [6.45, 7) is 0.792. The fraction of sp³-hybridized carbons (Fsp3) is 0.118. The normalized spacial score (nSPS) is 10.5. The van der Waals surface area contributed by atoms with Gasteiger partial charge in [0.1, 0.15) is 5.82 Å². The highest BCUT2D eigenvalue weighted by Gasteiger charge is 2.03. The molecule has 3 rings (SSSR count). The van der Waals surface area contributed by atoms with Crippen LogP contribution < -0.4 is 5.32 Å². The van der Waals surface area contributed by atoms with E-state index in [1.807, 2.05) is 48.7 Å². The van der Waals surface area contributed by atoms with Crippen molar-refractivity contribution in [1.29, 1.82) is 0 Å². The summed E-state index contributed by atoms with van der Waals surface area (Å²) >= 11 is 0. The van der Waals surface area contributed by atoms with Crippen molar-refractivity contribution in [1.82, 2.24) is 9.55 Å². The van der Waals surface area contributed by atoms with E-state index in [4.69, 9.17) is 0 Å². The van der Waals surface area contributed by atoms with Gasteiger partial charge >= 0.3 is 0 Å². The van der Waals surface area contributed by atoms with Gasteiger partial charge in [-0.1, -0.05) is 30.3 Å². The highest BCUT2D eigenvalue weighted by Crippen LogP contribution is 2.15. The highest BCUT2D eigenvalue weighted by atomic mass is 19.1. The average molecular weight is 281 g/mol.